The predicted molar refractivity (Wildman–Crippen MR) is 89.3 cm³/mol. The van der Waals surface area contributed by atoms with Crippen LogP contribution in [0.5, 0.6) is 0 Å². The Labute approximate surface area is 130 Å². The Balaban J connectivity index is 1.77. The van der Waals surface area contributed by atoms with Gasteiger partial charge in [-0.2, -0.15) is 5.10 Å². The second kappa shape index (κ2) is 7.98. The minimum atomic E-state index is 0.285. The van der Waals surface area contributed by atoms with Gasteiger partial charge in [-0.15, -0.1) is 0 Å². The van der Waals surface area contributed by atoms with Gasteiger partial charge < -0.3 is 5.73 Å². The summed E-state index contributed by atoms with van der Waals surface area (Å²) in [6.45, 7) is 6.61. The topological polar surface area (TPSA) is 43.8 Å². The Morgan fingerprint density at radius 2 is 2.00 bits per heavy atom. The Morgan fingerprint density at radius 3 is 2.57 bits per heavy atom. The molecule has 1 aromatic rings. The summed E-state index contributed by atoms with van der Waals surface area (Å²) in [4.78, 5) is 0. The van der Waals surface area contributed by atoms with E-state index in [1.54, 1.807) is 0 Å². The molecule has 2 rings (SSSR count). The van der Waals surface area contributed by atoms with Gasteiger partial charge in [0.15, 0.2) is 0 Å². The van der Waals surface area contributed by atoms with Gasteiger partial charge in [0.2, 0.25) is 0 Å². The molecular formula is C18H33N3. The van der Waals surface area contributed by atoms with E-state index >= 15 is 0 Å². The molecule has 1 aromatic heterocycles. The van der Waals surface area contributed by atoms with Gasteiger partial charge in [-0.25, -0.2) is 0 Å². The van der Waals surface area contributed by atoms with Gasteiger partial charge in [-0.3, -0.25) is 4.68 Å². The third kappa shape index (κ3) is 4.84. The average Bonchev–Trinajstić information content (AvgIpc) is 2.94. The van der Waals surface area contributed by atoms with Crippen LogP contribution in [-0.4, -0.2) is 15.8 Å². The standard InChI is InChI=1S/C18H33N3/c1-4-5-6-15-7-9-16(10-8-15)18(19)13-17-11-12-21(20-17)14(2)3/h11-12,14-16,18H,4-10,13,19H2,1-3H3. The highest BCUT2D eigenvalue weighted by Crippen LogP contribution is 2.33. The summed E-state index contributed by atoms with van der Waals surface area (Å²) < 4.78 is 2.03. The van der Waals surface area contributed by atoms with Gasteiger partial charge in [0.05, 0.1) is 5.69 Å². The first-order valence-electron chi connectivity index (χ1n) is 8.89. The molecule has 0 bridgehead atoms. The normalized spacial score (nSPS) is 24.4. The highest BCUT2D eigenvalue weighted by Gasteiger charge is 2.25. The third-order valence-electron chi connectivity index (χ3n) is 5.10. The van der Waals surface area contributed by atoms with E-state index in [0.717, 1.165) is 18.0 Å². The maximum absolute atomic E-state index is 6.46. The molecule has 3 heteroatoms. The van der Waals surface area contributed by atoms with E-state index in [-0.39, 0.29) is 6.04 Å². The van der Waals surface area contributed by atoms with Crippen molar-refractivity contribution in [2.45, 2.75) is 84.2 Å². The maximum atomic E-state index is 6.46. The molecule has 2 N–H and O–H groups in total. The van der Waals surface area contributed by atoms with Crippen molar-refractivity contribution in [2.75, 3.05) is 0 Å². The van der Waals surface area contributed by atoms with Gasteiger partial charge in [-0.1, -0.05) is 39.0 Å². The largest absolute Gasteiger partial charge is 0.327 e. The monoisotopic (exact) mass is 291 g/mol. The number of rotatable bonds is 7. The second-order valence-electron chi connectivity index (χ2n) is 7.17. The van der Waals surface area contributed by atoms with Crippen molar-refractivity contribution < 1.29 is 0 Å². The number of nitrogens with zero attached hydrogens (tertiary/aromatic N) is 2. The van der Waals surface area contributed by atoms with Crippen LogP contribution in [0.1, 0.15) is 77.5 Å². The maximum Gasteiger partial charge on any atom is 0.0640 e. The van der Waals surface area contributed by atoms with E-state index < -0.39 is 0 Å². The quantitative estimate of drug-likeness (QED) is 0.812. The van der Waals surface area contributed by atoms with Gasteiger partial charge in [0.25, 0.3) is 0 Å². The van der Waals surface area contributed by atoms with Crippen molar-refractivity contribution in [1.29, 1.82) is 0 Å². The van der Waals surface area contributed by atoms with E-state index in [1.807, 2.05) is 4.68 Å². The molecule has 1 heterocycles. The molecule has 1 aliphatic rings. The molecule has 21 heavy (non-hydrogen) atoms. The van der Waals surface area contributed by atoms with Crippen LogP contribution in [0.3, 0.4) is 0 Å². The van der Waals surface area contributed by atoms with Gasteiger partial charge in [-0.05, 0) is 44.6 Å². The number of aromatic nitrogens is 2. The zero-order valence-electron chi connectivity index (χ0n) is 14.1. The van der Waals surface area contributed by atoms with Crippen LogP contribution in [0.4, 0.5) is 0 Å². The third-order valence-corrected chi connectivity index (χ3v) is 5.10. The zero-order chi connectivity index (χ0) is 15.2. The van der Waals surface area contributed by atoms with Crippen LogP contribution in [0.2, 0.25) is 0 Å². The first-order chi connectivity index (χ1) is 10.1. The Bertz CT molecular complexity index is 402. The smallest absolute Gasteiger partial charge is 0.0640 e. The van der Waals surface area contributed by atoms with E-state index in [1.165, 1.54) is 44.9 Å². The molecule has 0 saturated heterocycles. The van der Waals surface area contributed by atoms with Crippen molar-refractivity contribution in [3.05, 3.63) is 18.0 Å². The Kier molecular flexibility index (Phi) is 6.28. The lowest BCUT2D eigenvalue weighted by Crippen LogP contribution is -2.35. The lowest BCUT2D eigenvalue weighted by Gasteiger charge is -2.32. The van der Waals surface area contributed by atoms with Crippen molar-refractivity contribution in [1.82, 2.24) is 9.78 Å². The molecule has 0 aromatic carbocycles. The lowest BCUT2D eigenvalue weighted by molar-refractivity contribution is 0.230. The molecule has 120 valence electrons. The van der Waals surface area contributed by atoms with Crippen molar-refractivity contribution in [3.8, 4) is 0 Å². The van der Waals surface area contributed by atoms with Crippen molar-refractivity contribution >= 4 is 0 Å². The second-order valence-corrected chi connectivity index (χ2v) is 7.17. The Hall–Kier alpha value is -0.830. The molecule has 0 radical (unpaired) electrons. The molecule has 0 aliphatic heterocycles. The lowest BCUT2D eigenvalue weighted by atomic mass is 9.76. The highest BCUT2D eigenvalue weighted by atomic mass is 15.3. The van der Waals surface area contributed by atoms with Crippen LogP contribution < -0.4 is 5.73 Å². The van der Waals surface area contributed by atoms with Gasteiger partial charge in [0, 0.05) is 24.7 Å². The molecule has 1 atom stereocenters. The average molecular weight is 291 g/mol. The molecule has 1 unspecified atom stereocenters. The molecule has 1 saturated carbocycles. The molecule has 1 fully saturated rings. The van der Waals surface area contributed by atoms with Gasteiger partial charge >= 0.3 is 0 Å². The summed E-state index contributed by atoms with van der Waals surface area (Å²) >= 11 is 0. The van der Waals surface area contributed by atoms with E-state index in [2.05, 4.69) is 38.1 Å². The van der Waals surface area contributed by atoms with E-state index in [0.29, 0.717) is 12.0 Å². The summed E-state index contributed by atoms with van der Waals surface area (Å²) in [5.74, 6) is 1.67. The first-order valence-corrected chi connectivity index (χ1v) is 8.89. The molecule has 0 amide bonds. The van der Waals surface area contributed by atoms with E-state index in [4.69, 9.17) is 5.73 Å². The summed E-state index contributed by atoms with van der Waals surface area (Å²) in [7, 11) is 0. The zero-order valence-corrected chi connectivity index (χ0v) is 14.1. The summed E-state index contributed by atoms with van der Waals surface area (Å²) in [5, 5.41) is 4.64. The fraction of sp³-hybridized carbons (Fsp3) is 0.833. The molecular weight excluding hydrogens is 258 g/mol. The number of hydrogen-bond donors (Lipinski definition) is 1. The fourth-order valence-electron chi connectivity index (χ4n) is 3.58. The van der Waals surface area contributed by atoms with Crippen LogP contribution in [0.25, 0.3) is 0 Å². The van der Waals surface area contributed by atoms with Gasteiger partial charge in [0.1, 0.15) is 0 Å². The number of hydrogen-bond acceptors (Lipinski definition) is 2. The van der Waals surface area contributed by atoms with Crippen LogP contribution >= 0.6 is 0 Å². The fourth-order valence-corrected chi connectivity index (χ4v) is 3.58. The molecule has 3 nitrogen and oxygen atoms in total. The number of unbranched alkanes of at least 4 members (excludes halogenated alkanes) is 1. The van der Waals surface area contributed by atoms with Crippen molar-refractivity contribution in [2.24, 2.45) is 17.6 Å². The minimum absolute atomic E-state index is 0.285. The molecule has 1 aliphatic carbocycles. The SMILES string of the molecule is CCCCC1CCC(C(N)Cc2ccn(C(C)C)n2)CC1. The first kappa shape index (κ1) is 16.5. The molecule has 0 spiro atoms. The highest BCUT2D eigenvalue weighted by molar-refractivity contribution is 5.02. The predicted octanol–water partition coefficient (Wildman–Crippen LogP) is 4.33. The van der Waals surface area contributed by atoms with Crippen LogP contribution in [-0.2, 0) is 6.42 Å². The van der Waals surface area contributed by atoms with Crippen molar-refractivity contribution in [3.63, 3.8) is 0 Å². The number of nitrogens with two attached hydrogens (primary N) is 1. The summed E-state index contributed by atoms with van der Waals surface area (Å²) in [5.41, 5.74) is 7.62. The minimum Gasteiger partial charge on any atom is -0.327 e. The summed E-state index contributed by atoms with van der Waals surface area (Å²) in [6, 6.07) is 2.85. The van der Waals surface area contributed by atoms with Crippen LogP contribution in [0.15, 0.2) is 12.3 Å². The van der Waals surface area contributed by atoms with E-state index in [9.17, 15) is 0 Å². The van der Waals surface area contributed by atoms with Crippen LogP contribution in [0, 0.1) is 11.8 Å². The Morgan fingerprint density at radius 1 is 1.29 bits per heavy atom. The summed E-state index contributed by atoms with van der Waals surface area (Å²) in [6.07, 6.45) is 12.6.